The third-order valence-corrected chi connectivity index (χ3v) is 12.6. The van der Waals surface area contributed by atoms with Gasteiger partial charge in [-0.2, -0.15) is 0 Å². The van der Waals surface area contributed by atoms with E-state index in [9.17, 15) is 9.90 Å². The number of carbonyl (C=O) groups is 1. The van der Waals surface area contributed by atoms with E-state index >= 15 is 0 Å². The smallest absolute Gasteiger partial charge is 0.223 e. The third kappa shape index (κ3) is 8.33. The fourth-order valence-electron chi connectivity index (χ4n) is 6.92. The van der Waals surface area contributed by atoms with Crippen LogP contribution in [0.4, 0.5) is 0 Å². The summed E-state index contributed by atoms with van der Waals surface area (Å²) in [5, 5.41) is 15.8. The normalized spacial score (nSPS) is 12.8. The molecule has 0 aliphatic heterocycles. The Balaban J connectivity index is 0.000000299. The van der Waals surface area contributed by atoms with Crippen LogP contribution in [-0.2, 0) is 36.7 Å². The first-order valence-electron chi connectivity index (χ1n) is 19.0. The van der Waals surface area contributed by atoms with E-state index in [1.807, 2.05) is 52.9 Å². The van der Waals surface area contributed by atoms with E-state index in [0.29, 0.717) is 11.6 Å². The molecule has 7 heteroatoms. The van der Waals surface area contributed by atoms with Crippen LogP contribution < -0.4 is 0 Å². The second-order valence-corrected chi connectivity index (χ2v) is 17.6. The van der Waals surface area contributed by atoms with E-state index in [2.05, 4.69) is 95.1 Å². The van der Waals surface area contributed by atoms with E-state index in [1.54, 1.807) is 6.33 Å². The average Bonchev–Trinajstić information content (AvgIpc) is 3.66. The van der Waals surface area contributed by atoms with Crippen molar-refractivity contribution in [3.63, 3.8) is 0 Å². The zero-order valence-corrected chi connectivity index (χ0v) is 36.9. The minimum atomic E-state index is -0.337. The molecule has 0 saturated carbocycles. The van der Waals surface area contributed by atoms with Crippen LogP contribution in [0.15, 0.2) is 65.0 Å². The van der Waals surface area contributed by atoms with Gasteiger partial charge in [0.15, 0.2) is 11.4 Å². The van der Waals surface area contributed by atoms with Gasteiger partial charge in [-0.3, -0.25) is 9.78 Å². The summed E-state index contributed by atoms with van der Waals surface area (Å²) < 4.78 is 7.64. The first-order chi connectivity index (χ1) is 24.5. The van der Waals surface area contributed by atoms with Gasteiger partial charge in [-0.05, 0) is 61.3 Å². The zero-order valence-electron chi connectivity index (χ0n) is 33.7. The van der Waals surface area contributed by atoms with E-state index in [4.69, 9.17) is 9.40 Å². The number of hydrogen-bond acceptors (Lipinski definition) is 6. The zero-order chi connectivity index (χ0) is 38.2. The molecule has 0 aliphatic rings. The minimum absolute atomic E-state index is 0. The number of nitrogens with zero attached hydrogens (tertiary/aromatic N) is 2. The van der Waals surface area contributed by atoms with Gasteiger partial charge in [-0.1, -0.05) is 117 Å². The van der Waals surface area contributed by atoms with E-state index in [0.717, 1.165) is 65.1 Å². The van der Waals surface area contributed by atoms with Crippen LogP contribution in [-0.4, -0.2) is 20.9 Å². The van der Waals surface area contributed by atoms with Gasteiger partial charge in [0.25, 0.3) is 0 Å². The molecule has 0 unspecified atom stereocenters. The van der Waals surface area contributed by atoms with Crippen molar-refractivity contribution in [3.8, 4) is 11.3 Å². The second kappa shape index (κ2) is 16.5. The van der Waals surface area contributed by atoms with Gasteiger partial charge >= 0.3 is 0 Å². The fraction of sp³-hybridized carbons (Fsp3) is 0.457. The quantitative estimate of drug-likeness (QED) is 0.0842. The van der Waals surface area contributed by atoms with E-state index in [-0.39, 0.29) is 47.9 Å². The summed E-state index contributed by atoms with van der Waals surface area (Å²) >= 11 is 1.83. The molecule has 0 amide bonds. The van der Waals surface area contributed by atoms with Gasteiger partial charge in [-0.25, -0.2) is 4.98 Å². The van der Waals surface area contributed by atoms with Crippen LogP contribution in [0, 0.1) is 29.7 Å². The molecule has 1 N–H and O–H groups in total. The maximum absolute atomic E-state index is 12.2. The molecule has 0 aliphatic carbocycles. The van der Waals surface area contributed by atoms with Crippen LogP contribution in [0.1, 0.15) is 118 Å². The van der Waals surface area contributed by atoms with E-state index < -0.39 is 0 Å². The molecule has 0 saturated heterocycles. The monoisotopic (exact) mass is 910 g/mol. The number of aliphatic hydroxyl groups excluding tert-OH is 1. The molecule has 0 atom stereocenters. The first-order valence-corrected chi connectivity index (χ1v) is 19.8. The van der Waals surface area contributed by atoms with Gasteiger partial charge in [0, 0.05) is 58.4 Å². The number of aromatic nitrogens is 2. The molecule has 53 heavy (non-hydrogen) atoms. The van der Waals surface area contributed by atoms with Crippen LogP contribution >= 0.6 is 11.3 Å². The summed E-state index contributed by atoms with van der Waals surface area (Å²) in [7, 11) is 0. The number of allylic oxidation sites excluding steroid dienone is 2. The average molecular weight is 910 g/mol. The summed E-state index contributed by atoms with van der Waals surface area (Å²) in [6.45, 7) is 25.6. The topological polar surface area (TPSA) is 76.2 Å². The number of carbonyl (C=O) groups excluding carboxylic acids is 1. The van der Waals surface area contributed by atoms with Gasteiger partial charge in [0.1, 0.15) is 12.1 Å². The summed E-state index contributed by atoms with van der Waals surface area (Å²) in [5.41, 5.74) is 5.51. The Morgan fingerprint density at radius 3 is 2.13 bits per heavy atom. The molecule has 3 aromatic heterocycles. The van der Waals surface area contributed by atoms with Gasteiger partial charge in [0.2, 0.25) is 5.71 Å². The van der Waals surface area contributed by atoms with Crippen molar-refractivity contribution in [2.24, 2.45) is 16.7 Å². The Kier molecular flexibility index (Phi) is 13.2. The summed E-state index contributed by atoms with van der Waals surface area (Å²) in [5.74, 6) is 0.893. The van der Waals surface area contributed by atoms with Gasteiger partial charge < -0.3 is 9.52 Å². The number of benzene rings is 3. The van der Waals surface area contributed by atoms with Crippen LogP contribution in [0.25, 0.3) is 54.2 Å². The number of thiophene rings is 1. The van der Waals surface area contributed by atoms with Crippen molar-refractivity contribution >= 4 is 60.0 Å². The summed E-state index contributed by atoms with van der Waals surface area (Å²) in [6.07, 6.45) is 7.44. The van der Waals surface area contributed by atoms with Crippen molar-refractivity contribution in [2.75, 3.05) is 0 Å². The van der Waals surface area contributed by atoms with Crippen molar-refractivity contribution in [2.45, 2.75) is 121 Å². The molecular formula is C46H57IrN2O3S-. The fourth-order valence-corrected chi connectivity index (χ4v) is 8.09. The maximum atomic E-state index is 12.2. The standard InChI is InChI=1S/C31H29N2OS.C15H28O2.Ir/c1-17(2)13-24-18(3)35-29-22(24)11-12-23-26-27(32-16-33-30(26)34-28(23)29)20-14-19-9-7-8-10-21(19)25(15-20)31(4,5)6;1-7-14(5,8-2)12(16)11-13(17)15(6,9-3)10-4;/h7-12,15-17H,13H2,1-6H3;11,16H,7-10H2,1-6H3;/q-1;;/b;12-11-;. The van der Waals surface area contributed by atoms with Crippen LogP contribution in [0.3, 0.4) is 0 Å². The predicted molar refractivity (Wildman–Crippen MR) is 222 cm³/mol. The minimum Gasteiger partial charge on any atom is -0.512 e. The van der Waals surface area contributed by atoms with Gasteiger partial charge in [-0.15, -0.1) is 40.5 Å². The predicted octanol–water partition coefficient (Wildman–Crippen LogP) is 13.7. The van der Waals surface area contributed by atoms with Crippen molar-refractivity contribution < 1.29 is 34.4 Å². The molecule has 0 spiro atoms. The number of ketones is 1. The Bertz CT molecular complexity index is 2260. The Morgan fingerprint density at radius 2 is 1.53 bits per heavy atom. The molecular weight excluding hydrogens is 853 g/mol. The third-order valence-electron chi connectivity index (χ3n) is 11.5. The number of fused-ring (bicyclic) bond motifs is 6. The largest absolute Gasteiger partial charge is 0.512 e. The van der Waals surface area contributed by atoms with Crippen LogP contribution in [0.5, 0.6) is 0 Å². The van der Waals surface area contributed by atoms with Crippen molar-refractivity contribution in [1.29, 1.82) is 0 Å². The SMILES string of the molecule is CCC(C)(CC)C(=O)/C=C(\O)C(C)(CC)CC.Cc1sc2c(ccc3c2oc2ncnc(-c4[c-]c5ccccc5c(C(C)(C)C)c4)c23)c1CC(C)C.[Ir]. The molecule has 0 bridgehead atoms. The molecule has 285 valence electrons. The molecule has 6 rings (SSSR count). The number of hydrogen-bond donors (Lipinski definition) is 1. The number of furan rings is 1. The first kappa shape index (κ1) is 42.4. The number of aliphatic hydroxyl groups is 1. The van der Waals surface area contributed by atoms with Crippen LogP contribution in [0.2, 0.25) is 0 Å². The number of aryl methyl sites for hydroxylation is 1. The Hall–Kier alpha value is -3.38. The molecule has 6 aromatic rings. The Morgan fingerprint density at radius 1 is 0.906 bits per heavy atom. The van der Waals surface area contributed by atoms with Crippen molar-refractivity contribution in [3.05, 3.63) is 82.7 Å². The van der Waals surface area contributed by atoms with Gasteiger partial charge in [0.05, 0.1) is 4.70 Å². The Labute approximate surface area is 334 Å². The van der Waals surface area contributed by atoms with E-state index in [1.165, 1.54) is 37.6 Å². The number of rotatable bonds is 10. The molecule has 1 radical (unpaired) electrons. The molecule has 3 aromatic carbocycles. The summed E-state index contributed by atoms with van der Waals surface area (Å²) in [4.78, 5) is 22.9. The molecule has 0 fully saturated rings. The molecule has 3 heterocycles. The molecule has 5 nitrogen and oxygen atoms in total. The second-order valence-electron chi connectivity index (χ2n) is 16.4. The maximum Gasteiger partial charge on any atom is 0.223 e. The van der Waals surface area contributed by atoms with Crippen molar-refractivity contribution in [1.82, 2.24) is 9.97 Å². The summed E-state index contributed by atoms with van der Waals surface area (Å²) in [6, 6.07) is 18.8.